The van der Waals surface area contributed by atoms with Crippen LogP contribution in [0.2, 0.25) is 0 Å². The second-order valence-electron chi connectivity index (χ2n) is 5.65. The molecule has 102 valence electrons. The molecule has 1 atom stereocenters. The summed E-state index contributed by atoms with van der Waals surface area (Å²) in [5.41, 5.74) is 8.75. The smallest absolute Gasteiger partial charge is 0.251 e. The molecule has 0 aliphatic rings. The van der Waals surface area contributed by atoms with Gasteiger partial charge in [-0.2, -0.15) is 0 Å². The van der Waals surface area contributed by atoms with Crippen LogP contribution >= 0.6 is 0 Å². The third-order valence-corrected chi connectivity index (χ3v) is 3.84. The summed E-state index contributed by atoms with van der Waals surface area (Å²) in [6.07, 6.45) is 0.988. The SMILES string of the molecule is Cc1cc2cc(CC(CN)C(C)C)ccc2[nH]c1=O. The molecule has 2 rings (SSSR count). The van der Waals surface area contributed by atoms with E-state index in [9.17, 15) is 4.79 Å². The van der Waals surface area contributed by atoms with Crippen LogP contribution in [0.4, 0.5) is 0 Å². The summed E-state index contributed by atoms with van der Waals surface area (Å²) in [4.78, 5) is 14.5. The van der Waals surface area contributed by atoms with Crippen molar-refractivity contribution in [1.82, 2.24) is 4.98 Å². The van der Waals surface area contributed by atoms with Crippen molar-refractivity contribution in [2.75, 3.05) is 6.54 Å². The fraction of sp³-hybridized carbons (Fsp3) is 0.438. The van der Waals surface area contributed by atoms with Crippen molar-refractivity contribution in [3.05, 3.63) is 45.7 Å². The summed E-state index contributed by atoms with van der Waals surface area (Å²) in [7, 11) is 0. The standard InChI is InChI=1S/C16H22N2O/c1-10(2)14(9-17)8-12-4-5-15-13(7-12)6-11(3)16(19)18-15/h4-7,10,14H,8-9,17H2,1-3H3,(H,18,19). The zero-order valence-electron chi connectivity index (χ0n) is 11.9. The second-order valence-corrected chi connectivity index (χ2v) is 5.65. The Morgan fingerprint density at radius 1 is 1.26 bits per heavy atom. The minimum Gasteiger partial charge on any atom is -0.330 e. The normalized spacial score (nSPS) is 13.1. The van der Waals surface area contributed by atoms with Crippen LogP contribution in [0.5, 0.6) is 0 Å². The molecule has 1 unspecified atom stereocenters. The van der Waals surface area contributed by atoms with Crippen LogP contribution in [0.1, 0.15) is 25.0 Å². The third-order valence-electron chi connectivity index (χ3n) is 3.84. The number of fused-ring (bicyclic) bond motifs is 1. The Morgan fingerprint density at radius 2 is 2.00 bits per heavy atom. The first-order valence-electron chi connectivity index (χ1n) is 6.84. The van der Waals surface area contributed by atoms with Crippen molar-refractivity contribution in [2.45, 2.75) is 27.2 Å². The van der Waals surface area contributed by atoms with E-state index < -0.39 is 0 Å². The van der Waals surface area contributed by atoms with Crippen molar-refractivity contribution in [3.63, 3.8) is 0 Å². The fourth-order valence-electron chi connectivity index (χ4n) is 2.39. The minimum atomic E-state index is -0.0118. The summed E-state index contributed by atoms with van der Waals surface area (Å²) in [6, 6.07) is 8.17. The van der Waals surface area contributed by atoms with E-state index in [1.165, 1.54) is 5.56 Å². The van der Waals surface area contributed by atoms with Crippen LogP contribution in [0.25, 0.3) is 10.9 Å². The van der Waals surface area contributed by atoms with Crippen LogP contribution in [0.3, 0.4) is 0 Å². The number of hydrogen-bond acceptors (Lipinski definition) is 2. The Labute approximate surface area is 113 Å². The van der Waals surface area contributed by atoms with Gasteiger partial charge in [0, 0.05) is 11.1 Å². The van der Waals surface area contributed by atoms with Gasteiger partial charge in [0.05, 0.1) is 0 Å². The largest absolute Gasteiger partial charge is 0.330 e. The second kappa shape index (κ2) is 5.57. The van der Waals surface area contributed by atoms with Crippen LogP contribution in [-0.4, -0.2) is 11.5 Å². The quantitative estimate of drug-likeness (QED) is 0.885. The molecule has 0 radical (unpaired) electrons. The van der Waals surface area contributed by atoms with Crippen LogP contribution in [-0.2, 0) is 6.42 Å². The zero-order chi connectivity index (χ0) is 14.0. The third kappa shape index (κ3) is 3.04. The molecule has 0 spiro atoms. The number of aromatic nitrogens is 1. The highest BCUT2D eigenvalue weighted by atomic mass is 16.1. The summed E-state index contributed by atoms with van der Waals surface area (Å²) in [5.74, 6) is 1.08. The monoisotopic (exact) mass is 258 g/mol. The van der Waals surface area contributed by atoms with Gasteiger partial charge in [-0.05, 0) is 60.9 Å². The molecule has 0 amide bonds. The molecule has 1 aromatic carbocycles. The predicted molar refractivity (Wildman–Crippen MR) is 80.4 cm³/mol. The molecule has 3 nitrogen and oxygen atoms in total. The highest BCUT2D eigenvalue weighted by molar-refractivity contribution is 5.79. The van der Waals surface area contributed by atoms with Gasteiger partial charge >= 0.3 is 0 Å². The summed E-state index contributed by atoms with van der Waals surface area (Å²) in [5, 5.41) is 1.09. The lowest BCUT2D eigenvalue weighted by Gasteiger charge is -2.19. The number of rotatable bonds is 4. The topological polar surface area (TPSA) is 58.9 Å². The highest BCUT2D eigenvalue weighted by Crippen LogP contribution is 2.19. The van der Waals surface area contributed by atoms with Crippen molar-refractivity contribution in [1.29, 1.82) is 0 Å². The number of pyridine rings is 1. The number of aryl methyl sites for hydroxylation is 1. The van der Waals surface area contributed by atoms with Crippen LogP contribution in [0.15, 0.2) is 29.1 Å². The van der Waals surface area contributed by atoms with Gasteiger partial charge in [0.15, 0.2) is 0 Å². The number of hydrogen-bond donors (Lipinski definition) is 2. The molecule has 0 aliphatic carbocycles. The molecule has 0 saturated carbocycles. The number of H-pyrrole nitrogens is 1. The van der Waals surface area contributed by atoms with E-state index in [1.54, 1.807) is 0 Å². The van der Waals surface area contributed by atoms with Gasteiger partial charge in [0.25, 0.3) is 5.56 Å². The van der Waals surface area contributed by atoms with E-state index in [2.05, 4.69) is 31.0 Å². The summed E-state index contributed by atoms with van der Waals surface area (Å²) < 4.78 is 0. The molecular formula is C16H22N2O. The van der Waals surface area contributed by atoms with E-state index in [1.807, 2.05) is 19.1 Å². The maximum atomic E-state index is 11.6. The Hall–Kier alpha value is -1.61. The molecule has 3 heteroatoms. The molecular weight excluding hydrogens is 236 g/mol. The Morgan fingerprint density at radius 3 is 2.63 bits per heavy atom. The Kier molecular flexibility index (Phi) is 4.05. The van der Waals surface area contributed by atoms with Gasteiger partial charge in [0.1, 0.15) is 0 Å². The molecule has 0 bridgehead atoms. The lowest BCUT2D eigenvalue weighted by Crippen LogP contribution is -2.22. The molecule has 0 saturated heterocycles. The van der Waals surface area contributed by atoms with Crippen LogP contribution < -0.4 is 11.3 Å². The highest BCUT2D eigenvalue weighted by Gasteiger charge is 2.12. The van der Waals surface area contributed by atoms with Gasteiger partial charge < -0.3 is 10.7 Å². The number of benzene rings is 1. The van der Waals surface area contributed by atoms with Crippen molar-refractivity contribution >= 4 is 10.9 Å². The van der Waals surface area contributed by atoms with Gasteiger partial charge in [-0.15, -0.1) is 0 Å². The Bertz CT molecular complexity index is 628. The summed E-state index contributed by atoms with van der Waals surface area (Å²) >= 11 is 0. The fourth-order valence-corrected chi connectivity index (χ4v) is 2.39. The van der Waals surface area contributed by atoms with E-state index >= 15 is 0 Å². The van der Waals surface area contributed by atoms with Gasteiger partial charge in [-0.3, -0.25) is 4.79 Å². The van der Waals surface area contributed by atoms with E-state index in [-0.39, 0.29) is 5.56 Å². The molecule has 2 aromatic rings. The van der Waals surface area contributed by atoms with Gasteiger partial charge in [-0.1, -0.05) is 19.9 Å². The van der Waals surface area contributed by atoms with Crippen molar-refractivity contribution < 1.29 is 0 Å². The zero-order valence-corrected chi connectivity index (χ0v) is 11.9. The molecule has 0 fully saturated rings. The summed E-state index contributed by atoms with van der Waals surface area (Å²) in [6.45, 7) is 6.96. The van der Waals surface area contributed by atoms with Crippen LogP contribution in [0, 0.1) is 18.8 Å². The average Bonchev–Trinajstić information content (AvgIpc) is 2.37. The maximum Gasteiger partial charge on any atom is 0.251 e. The lowest BCUT2D eigenvalue weighted by molar-refractivity contribution is 0.392. The van der Waals surface area contributed by atoms with Crippen molar-refractivity contribution in [2.24, 2.45) is 17.6 Å². The number of nitrogens with two attached hydrogens (primary N) is 1. The molecule has 19 heavy (non-hydrogen) atoms. The van der Waals surface area contributed by atoms with E-state index in [0.29, 0.717) is 18.4 Å². The number of nitrogens with one attached hydrogen (secondary N) is 1. The average molecular weight is 258 g/mol. The maximum absolute atomic E-state index is 11.6. The Balaban J connectivity index is 2.36. The first-order chi connectivity index (χ1) is 9.01. The lowest BCUT2D eigenvalue weighted by atomic mass is 9.89. The molecule has 1 heterocycles. The first kappa shape index (κ1) is 13.8. The van der Waals surface area contributed by atoms with Gasteiger partial charge in [0.2, 0.25) is 0 Å². The van der Waals surface area contributed by atoms with Gasteiger partial charge in [-0.25, -0.2) is 0 Å². The van der Waals surface area contributed by atoms with E-state index in [0.717, 1.165) is 22.9 Å². The van der Waals surface area contributed by atoms with E-state index in [4.69, 9.17) is 5.73 Å². The first-order valence-corrected chi connectivity index (χ1v) is 6.84. The molecule has 3 N–H and O–H groups in total. The van der Waals surface area contributed by atoms with Crippen molar-refractivity contribution in [3.8, 4) is 0 Å². The minimum absolute atomic E-state index is 0.0118. The predicted octanol–water partition coefficient (Wildman–Crippen LogP) is 2.61. The molecule has 0 aliphatic heterocycles. The number of aromatic amines is 1. The molecule has 1 aromatic heterocycles.